The van der Waals surface area contributed by atoms with Crippen LogP contribution in [0.5, 0.6) is 5.75 Å². The van der Waals surface area contributed by atoms with Crippen LogP contribution in [0.15, 0.2) is 24.3 Å². The van der Waals surface area contributed by atoms with Gasteiger partial charge in [-0.25, -0.2) is 0 Å². The lowest BCUT2D eigenvalue weighted by molar-refractivity contribution is -0.274. The lowest BCUT2D eigenvalue weighted by Gasteiger charge is -2.33. The van der Waals surface area contributed by atoms with Crippen molar-refractivity contribution in [1.29, 1.82) is 0 Å². The van der Waals surface area contributed by atoms with E-state index in [1.165, 1.54) is 25.3 Å². The first-order chi connectivity index (χ1) is 9.04. The van der Waals surface area contributed by atoms with E-state index in [1.807, 2.05) is 20.8 Å². The number of rotatable bonds is 4. The van der Waals surface area contributed by atoms with Gasteiger partial charge in [0, 0.05) is 7.11 Å². The third-order valence-electron chi connectivity index (χ3n) is 2.83. The summed E-state index contributed by atoms with van der Waals surface area (Å²) in [5, 5.41) is 10.3. The molecular weight excluding hydrogens is 273 g/mol. The minimum absolute atomic E-state index is 0.313. The van der Waals surface area contributed by atoms with Gasteiger partial charge in [0.1, 0.15) is 11.9 Å². The molecule has 0 aliphatic rings. The van der Waals surface area contributed by atoms with E-state index < -0.39 is 18.6 Å². The van der Waals surface area contributed by atoms with Crippen molar-refractivity contribution in [3.8, 4) is 5.75 Å². The number of ether oxygens (including phenoxy) is 2. The fourth-order valence-corrected chi connectivity index (χ4v) is 2.03. The van der Waals surface area contributed by atoms with Gasteiger partial charge >= 0.3 is 6.36 Å². The molecule has 0 spiro atoms. The van der Waals surface area contributed by atoms with Gasteiger partial charge in [0.2, 0.25) is 0 Å². The Morgan fingerprint density at radius 2 is 1.75 bits per heavy atom. The van der Waals surface area contributed by atoms with Crippen LogP contribution in [-0.2, 0) is 4.74 Å². The Morgan fingerprint density at radius 1 is 1.15 bits per heavy atom. The molecule has 20 heavy (non-hydrogen) atoms. The summed E-state index contributed by atoms with van der Waals surface area (Å²) >= 11 is 0. The van der Waals surface area contributed by atoms with Crippen LogP contribution >= 0.6 is 0 Å². The normalized spacial score (nSPS) is 15.8. The monoisotopic (exact) mass is 292 g/mol. The van der Waals surface area contributed by atoms with Crippen molar-refractivity contribution < 1.29 is 27.8 Å². The lowest BCUT2D eigenvalue weighted by atomic mass is 9.83. The van der Waals surface area contributed by atoms with Gasteiger partial charge < -0.3 is 14.6 Å². The number of hydrogen-bond donors (Lipinski definition) is 1. The molecule has 1 N–H and O–H groups in total. The molecule has 0 fully saturated rings. The van der Waals surface area contributed by atoms with Gasteiger partial charge in [-0.3, -0.25) is 0 Å². The highest BCUT2D eigenvalue weighted by molar-refractivity contribution is 5.30. The molecule has 1 aromatic carbocycles. The Kier molecular flexibility index (Phi) is 5.05. The summed E-state index contributed by atoms with van der Waals surface area (Å²) in [5.74, 6) is -0.363. The Balaban J connectivity index is 2.99. The molecule has 6 heteroatoms. The van der Waals surface area contributed by atoms with Crippen LogP contribution in [0, 0.1) is 5.41 Å². The van der Waals surface area contributed by atoms with Gasteiger partial charge in [-0.15, -0.1) is 13.2 Å². The molecule has 0 bridgehead atoms. The number of benzene rings is 1. The van der Waals surface area contributed by atoms with Crippen molar-refractivity contribution in [3.05, 3.63) is 29.8 Å². The number of halogens is 3. The van der Waals surface area contributed by atoms with E-state index in [0.717, 1.165) is 6.07 Å². The minimum Gasteiger partial charge on any atom is -0.406 e. The second-order valence-electron chi connectivity index (χ2n) is 5.59. The zero-order valence-electron chi connectivity index (χ0n) is 11.9. The highest BCUT2D eigenvalue weighted by Gasteiger charge is 2.34. The Hall–Kier alpha value is -1.27. The summed E-state index contributed by atoms with van der Waals surface area (Å²) in [5.41, 5.74) is -0.0526. The van der Waals surface area contributed by atoms with Crippen LogP contribution in [-0.4, -0.2) is 24.7 Å². The maximum absolute atomic E-state index is 12.2. The molecule has 0 aromatic heterocycles. The second kappa shape index (κ2) is 6.01. The van der Waals surface area contributed by atoms with E-state index in [-0.39, 0.29) is 11.2 Å². The van der Waals surface area contributed by atoms with Crippen LogP contribution in [0.25, 0.3) is 0 Å². The third-order valence-corrected chi connectivity index (χ3v) is 2.83. The van der Waals surface area contributed by atoms with Gasteiger partial charge in [0.05, 0.1) is 6.10 Å². The molecule has 0 aliphatic heterocycles. The van der Waals surface area contributed by atoms with Crippen molar-refractivity contribution in [2.24, 2.45) is 5.41 Å². The van der Waals surface area contributed by atoms with E-state index in [4.69, 9.17) is 4.74 Å². The summed E-state index contributed by atoms with van der Waals surface area (Å²) in [6.45, 7) is 5.63. The highest BCUT2D eigenvalue weighted by atomic mass is 19.4. The fourth-order valence-electron chi connectivity index (χ4n) is 2.03. The molecular formula is C14H19F3O3. The summed E-state index contributed by atoms with van der Waals surface area (Å²) < 4.78 is 45.6. The highest BCUT2D eigenvalue weighted by Crippen LogP contribution is 2.34. The molecule has 0 amide bonds. The average molecular weight is 292 g/mol. The smallest absolute Gasteiger partial charge is 0.406 e. The predicted molar refractivity (Wildman–Crippen MR) is 68.3 cm³/mol. The van der Waals surface area contributed by atoms with Gasteiger partial charge in [-0.1, -0.05) is 32.9 Å². The van der Waals surface area contributed by atoms with Crippen LogP contribution in [0.2, 0.25) is 0 Å². The van der Waals surface area contributed by atoms with E-state index in [2.05, 4.69) is 4.74 Å². The quantitative estimate of drug-likeness (QED) is 0.920. The third kappa shape index (κ3) is 4.68. The summed E-state index contributed by atoms with van der Waals surface area (Å²) in [7, 11) is 1.45. The molecule has 0 radical (unpaired) electrons. The van der Waals surface area contributed by atoms with E-state index in [1.54, 1.807) is 0 Å². The number of methoxy groups -OCH3 is 1. The largest absolute Gasteiger partial charge is 0.573 e. The zero-order chi connectivity index (χ0) is 15.6. The van der Waals surface area contributed by atoms with Crippen LogP contribution in [0.3, 0.4) is 0 Å². The molecule has 2 atom stereocenters. The first kappa shape index (κ1) is 16.8. The lowest BCUT2D eigenvalue weighted by Crippen LogP contribution is -2.34. The van der Waals surface area contributed by atoms with Crippen LogP contribution < -0.4 is 4.74 Å². The summed E-state index contributed by atoms with van der Waals surface area (Å²) in [6.07, 6.45) is -6.35. The predicted octanol–water partition coefficient (Wildman–Crippen LogP) is 3.68. The first-order valence-electron chi connectivity index (χ1n) is 6.11. The molecule has 3 nitrogen and oxygen atoms in total. The molecule has 0 saturated carbocycles. The number of aliphatic hydroxyl groups excluding tert-OH is 1. The van der Waals surface area contributed by atoms with Gasteiger partial charge in [-0.05, 0) is 23.1 Å². The average Bonchev–Trinajstić information content (AvgIpc) is 2.25. The van der Waals surface area contributed by atoms with Crippen LogP contribution in [0.4, 0.5) is 13.2 Å². The van der Waals surface area contributed by atoms with E-state index >= 15 is 0 Å². The number of aliphatic hydroxyl groups is 1. The molecule has 0 saturated heterocycles. The Bertz CT molecular complexity index is 438. The van der Waals surface area contributed by atoms with Gasteiger partial charge in [0.25, 0.3) is 0 Å². The van der Waals surface area contributed by atoms with Gasteiger partial charge in [0.15, 0.2) is 0 Å². The van der Waals surface area contributed by atoms with Crippen molar-refractivity contribution in [2.45, 2.75) is 39.3 Å². The van der Waals surface area contributed by atoms with Gasteiger partial charge in [-0.2, -0.15) is 0 Å². The molecule has 2 unspecified atom stereocenters. The topological polar surface area (TPSA) is 38.7 Å². The molecule has 1 rings (SSSR count). The Labute approximate surface area is 116 Å². The minimum atomic E-state index is -4.76. The molecule has 0 heterocycles. The standard InChI is InChI=1S/C14H19F3O3/c1-13(2,3)12(19-4)11(18)9-6-5-7-10(8-9)20-14(15,16)17/h5-8,11-12,18H,1-4H3. The number of alkyl halides is 3. The second-order valence-corrected chi connectivity index (χ2v) is 5.59. The SMILES string of the molecule is COC(C(O)c1cccc(OC(F)(F)F)c1)C(C)(C)C. The Morgan fingerprint density at radius 3 is 2.20 bits per heavy atom. The fraction of sp³-hybridized carbons (Fsp3) is 0.571. The van der Waals surface area contributed by atoms with E-state index in [9.17, 15) is 18.3 Å². The maximum Gasteiger partial charge on any atom is 0.573 e. The van der Waals surface area contributed by atoms with Crippen molar-refractivity contribution in [2.75, 3.05) is 7.11 Å². The molecule has 114 valence electrons. The van der Waals surface area contributed by atoms with Crippen molar-refractivity contribution in [1.82, 2.24) is 0 Å². The first-order valence-corrected chi connectivity index (χ1v) is 6.11. The summed E-state index contributed by atoms with van der Waals surface area (Å²) in [6, 6.07) is 5.28. The molecule has 1 aromatic rings. The van der Waals surface area contributed by atoms with E-state index in [0.29, 0.717) is 5.56 Å². The van der Waals surface area contributed by atoms with Crippen molar-refractivity contribution in [3.63, 3.8) is 0 Å². The summed E-state index contributed by atoms with van der Waals surface area (Å²) in [4.78, 5) is 0. The maximum atomic E-state index is 12.2. The number of hydrogen-bond acceptors (Lipinski definition) is 3. The van der Waals surface area contributed by atoms with Crippen molar-refractivity contribution >= 4 is 0 Å². The van der Waals surface area contributed by atoms with Crippen LogP contribution in [0.1, 0.15) is 32.4 Å². The zero-order valence-corrected chi connectivity index (χ0v) is 11.9. The molecule has 0 aliphatic carbocycles.